The zero-order valence-electron chi connectivity index (χ0n) is 85.2. The number of benzene rings is 5. The first kappa shape index (κ1) is 109. The second kappa shape index (κ2) is 53.3. The van der Waals surface area contributed by atoms with E-state index in [2.05, 4.69) is 108 Å². The van der Waals surface area contributed by atoms with Gasteiger partial charge in [0.25, 0.3) is 0 Å². The fourth-order valence-corrected chi connectivity index (χ4v) is 16.8. The quantitative estimate of drug-likeness (QED) is 0.00907. The van der Waals surface area contributed by atoms with Crippen LogP contribution in [0.2, 0.25) is 0 Å². The number of rotatable bonds is 31. The SMILES string of the molecule is CNCCC(c1ccccc1)n1ccc2c(OC)ccnc21.COC(=O)/C(=C/c1ccccc1)C(=O)OC(C)(C)C.COC(=O)C(C(=O)OC(C)(C)C)C(c1ccccc1)n1ccc2c(OC)ccnc21.COC(=O)CC(c1ccccc1)n1ccc2c(OC)ccnc21.COc1ccnc2[nH]ccc12.COc1ccnc2c1ccn2C(CC=O)c1cccnc1.COc1ccnc2c1ccn2C(CCO)c1ccccc1. The Morgan fingerprint density at radius 3 is 1.14 bits per heavy atom. The lowest BCUT2D eigenvalue weighted by Gasteiger charge is -2.29. The molecule has 18 rings (SSSR count). The average molecular weight is 1990 g/mol. The summed E-state index contributed by atoms with van der Waals surface area (Å²) in [5, 5.41) is 18.3. The third-order valence-electron chi connectivity index (χ3n) is 23.6. The smallest absolute Gasteiger partial charge is 0.346 e. The number of methoxy groups -OCH3 is 9. The molecule has 0 aliphatic rings. The van der Waals surface area contributed by atoms with Crippen molar-refractivity contribution < 1.29 is 86.0 Å². The monoisotopic (exact) mass is 1990 g/mol. The number of hydrogen-bond acceptors (Lipinski definition) is 26. The fraction of sp³-hybridized carbons (Fsp3) is 0.261. The van der Waals surface area contributed by atoms with Gasteiger partial charge >= 0.3 is 29.8 Å². The highest BCUT2D eigenvalue weighted by atomic mass is 16.6. The van der Waals surface area contributed by atoms with E-state index >= 15 is 0 Å². The van der Waals surface area contributed by atoms with Gasteiger partial charge in [-0.1, -0.05) is 158 Å². The van der Waals surface area contributed by atoms with Crippen LogP contribution in [0.5, 0.6) is 34.5 Å². The number of aromatic amines is 1. The van der Waals surface area contributed by atoms with Crippen molar-refractivity contribution in [1.82, 2.24) is 68.0 Å². The van der Waals surface area contributed by atoms with Crippen LogP contribution in [0.3, 0.4) is 0 Å². The van der Waals surface area contributed by atoms with Crippen molar-refractivity contribution in [2.24, 2.45) is 5.92 Å². The molecule has 32 nitrogen and oxygen atoms in total. The molecular weight excluding hydrogens is 1870 g/mol. The maximum absolute atomic E-state index is 13.1. The molecule has 6 atom stereocenters. The lowest BCUT2D eigenvalue weighted by Crippen LogP contribution is -2.39. The van der Waals surface area contributed by atoms with Crippen molar-refractivity contribution in [3.63, 3.8) is 0 Å². The number of fused-ring (bicyclic) bond motifs is 6. The van der Waals surface area contributed by atoms with Crippen LogP contribution in [0.25, 0.3) is 72.3 Å². The first-order valence-electron chi connectivity index (χ1n) is 47.5. The van der Waals surface area contributed by atoms with Gasteiger partial charge in [-0.3, -0.25) is 19.4 Å². The minimum atomic E-state index is -1.22. The Morgan fingerprint density at radius 2 is 0.755 bits per heavy atom. The molecule has 5 aromatic carbocycles. The lowest BCUT2D eigenvalue weighted by molar-refractivity contribution is -0.170. The molecule has 0 fully saturated rings. The Balaban J connectivity index is 0.000000154. The molecule has 18 aromatic rings. The molecule has 0 saturated carbocycles. The van der Waals surface area contributed by atoms with Crippen LogP contribution >= 0.6 is 0 Å². The lowest BCUT2D eigenvalue weighted by atomic mass is 9.92. The Bertz CT molecular complexity index is 7310. The summed E-state index contributed by atoms with van der Waals surface area (Å²) in [6.45, 7) is 11.6. The minimum absolute atomic E-state index is 0.0632. The molecular formula is C115H124N14O18. The number of ether oxygens (including phenoxy) is 11. The van der Waals surface area contributed by atoms with Crippen LogP contribution in [0.15, 0.2) is 329 Å². The maximum Gasteiger partial charge on any atom is 0.346 e. The van der Waals surface area contributed by atoms with E-state index in [0.29, 0.717) is 24.2 Å². The van der Waals surface area contributed by atoms with Crippen LogP contribution < -0.4 is 33.7 Å². The third-order valence-corrected chi connectivity index (χ3v) is 23.6. The summed E-state index contributed by atoms with van der Waals surface area (Å²) in [6, 6.07) is 74.9. The van der Waals surface area contributed by atoms with Gasteiger partial charge in [-0.15, -0.1) is 0 Å². The van der Waals surface area contributed by atoms with Crippen LogP contribution in [0, 0.1) is 5.92 Å². The Hall–Kier alpha value is -17.1. The molecule has 0 radical (unpaired) electrons. The molecule has 147 heavy (non-hydrogen) atoms. The van der Waals surface area contributed by atoms with E-state index < -0.39 is 47.0 Å². The Labute approximate surface area is 853 Å². The zero-order chi connectivity index (χ0) is 105. The number of carbonyl (C=O) groups excluding carboxylic acids is 6. The summed E-state index contributed by atoms with van der Waals surface area (Å²) in [4.78, 5) is 106. The summed E-state index contributed by atoms with van der Waals surface area (Å²) in [7, 11) is 15.7. The zero-order valence-corrected chi connectivity index (χ0v) is 85.2. The van der Waals surface area contributed by atoms with Gasteiger partial charge in [0, 0.05) is 99.8 Å². The van der Waals surface area contributed by atoms with Gasteiger partial charge in [0.2, 0.25) is 0 Å². The van der Waals surface area contributed by atoms with Crippen molar-refractivity contribution in [2.45, 2.75) is 109 Å². The Kier molecular flexibility index (Phi) is 39.4. The van der Waals surface area contributed by atoms with Crippen molar-refractivity contribution >= 4 is 108 Å². The van der Waals surface area contributed by atoms with E-state index in [1.54, 1.807) is 163 Å². The van der Waals surface area contributed by atoms with E-state index in [9.17, 15) is 33.9 Å². The number of nitrogens with one attached hydrogen (secondary N) is 2. The number of aliphatic hydroxyl groups is 1. The number of esters is 5. The maximum atomic E-state index is 13.1. The van der Waals surface area contributed by atoms with Crippen molar-refractivity contribution in [1.29, 1.82) is 0 Å². The van der Waals surface area contributed by atoms with Crippen LogP contribution in [-0.4, -0.2) is 199 Å². The number of aliphatic hydroxyl groups excluding tert-OH is 1. The predicted molar refractivity (Wildman–Crippen MR) is 566 cm³/mol. The third kappa shape index (κ3) is 28.1. The highest BCUT2D eigenvalue weighted by Crippen LogP contribution is 2.40. The summed E-state index contributed by atoms with van der Waals surface area (Å²) in [5.41, 5.74) is 9.25. The standard InChI is InChI=1S/C23H26N2O5.C18H21N3O.C18H18N2O3.C17H18N2O2.C16H15N3O2.C15H18O4.C8H8N2O/c1-23(2,3)30-22(27)18(21(26)29-5)19(15-9-7-6-8-10-15)25-14-12-16-17(28-4)11-13-24-20(16)25;1-19-11-8-16(14-6-4-3-5-7-14)21-13-10-15-17(22-2)9-12-20-18(15)21;1-22-16-8-10-19-18-14(16)9-11-20(18)15(12-17(21)23-2)13-6-4-3-5-7-13;1-21-16-7-10-18-17-14(16)8-11-19(17)15(9-12-20)13-5-3-2-4-6-13;1-21-15-4-8-18-16-13(15)5-9-19(16)14(6-10-20)12-3-2-7-17-11-12;1-15(2,3)19-14(17)12(13(16)18-4)10-11-8-6-5-7-9-11;1-11-7-3-5-10-8-6(7)2-4-9-8/h6-14,18-19H,1-5H3;3-7,9-10,12-13,16,19H,8,11H2,1-2H3;3-11,15H,12H2,1-2H3;2-8,10-11,15,20H,9,12H2,1H3;2-5,7-11,14H,6H2,1H3;5-10H,1-4H3;2-5H,1H3,(H,9,10)/b;;;;;12-10-;. The predicted octanol–water partition coefficient (Wildman–Crippen LogP) is 20.0. The summed E-state index contributed by atoms with van der Waals surface area (Å²) >= 11 is 0. The Morgan fingerprint density at radius 1 is 0.381 bits per heavy atom. The number of aromatic nitrogens is 13. The molecule has 32 heteroatoms. The van der Waals surface area contributed by atoms with E-state index in [1.807, 2.05) is 217 Å². The van der Waals surface area contributed by atoms with Crippen molar-refractivity contribution in [2.75, 3.05) is 84.2 Å². The van der Waals surface area contributed by atoms with E-state index in [4.69, 9.17) is 47.4 Å². The summed E-state index contributed by atoms with van der Waals surface area (Å²) in [5.74, 6) is 0.502. The number of pyridine rings is 7. The molecule has 0 amide bonds. The van der Waals surface area contributed by atoms with Gasteiger partial charge in [-0.2, -0.15) is 0 Å². The first-order chi connectivity index (χ1) is 71.3. The molecule has 6 unspecified atom stereocenters. The van der Waals surface area contributed by atoms with Gasteiger partial charge in [-0.05, 0) is 186 Å². The van der Waals surface area contributed by atoms with Gasteiger partial charge < -0.3 is 95.1 Å². The molecule has 0 spiro atoms. The van der Waals surface area contributed by atoms with E-state index in [0.717, 1.165) is 136 Å². The van der Waals surface area contributed by atoms with Gasteiger partial charge in [-0.25, -0.2) is 39.5 Å². The van der Waals surface area contributed by atoms with Crippen LogP contribution in [-0.2, 0) is 52.5 Å². The molecule has 762 valence electrons. The molecule has 0 aliphatic heterocycles. The highest BCUT2D eigenvalue weighted by Gasteiger charge is 2.42. The normalized spacial score (nSPS) is 12.3. The molecule has 0 aliphatic carbocycles. The highest BCUT2D eigenvalue weighted by molar-refractivity contribution is 6.17. The number of aldehydes is 1. The molecule has 13 aromatic heterocycles. The number of hydrogen-bond donors (Lipinski definition) is 3. The van der Waals surface area contributed by atoms with E-state index in [-0.39, 0.29) is 48.7 Å². The molecule has 0 saturated heterocycles. The summed E-state index contributed by atoms with van der Waals surface area (Å²) in [6.07, 6.45) is 30.1. The van der Waals surface area contributed by atoms with Gasteiger partial charge in [0.05, 0.1) is 133 Å². The molecule has 0 bridgehead atoms. The first-order valence-corrected chi connectivity index (χ1v) is 47.5. The second-order valence-corrected chi connectivity index (χ2v) is 35.1. The molecule has 3 N–H and O–H groups in total. The number of carbonyl (C=O) groups is 6. The van der Waals surface area contributed by atoms with Crippen LogP contribution in [0.1, 0.15) is 131 Å². The van der Waals surface area contributed by atoms with Crippen molar-refractivity contribution in [3.05, 3.63) is 362 Å². The number of H-pyrrole nitrogens is 1. The van der Waals surface area contributed by atoms with Gasteiger partial charge in [0.15, 0.2) is 5.92 Å². The largest absolute Gasteiger partial charge is 0.496 e. The van der Waals surface area contributed by atoms with Gasteiger partial charge in [0.1, 0.15) is 91.4 Å². The molecule has 13 heterocycles. The number of nitrogens with zero attached hydrogens (tertiary/aromatic N) is 12. The fourth-order valence-electron chi connectivity index (χ4n) is 16.8. The topological polar surface area (TPSA) is 367 Å². The van der Waals surface area contributed by atoms with Crippen LogP contribution in [0.4, 0.5) is 0 Å². The second-order valence-electron chi connectivity index (χ2n) is 35.1. The van der Waals surface area contributed by atoms with E-state index in [1.165, 1.54) is 33.0 Å². The van der Waals surface area contributed by atoms with Crippen molar-refractivity contribution in [3.8, 4) is 34.5 Å². The minimum Gasteiger partial charge on any atom is -0.496 e. The summed E-state index contributed by atoms with van der Waals surface area (Å²) < 4.78 is 67.5. The average Bonchev–Trinajstić information content (AvgIpc) is 1.65.